The molecule has 1 atom stereocenters. The highest BCUT2D eigenvalue weighted by Crippen LogP contribution is 2.27. The van der Waals surface area contributed by atoms with E-state index in [4.69, 9.17) is 4.74 Å². The molecule has 0 spiro atoms. The van der Waals surface area contributed by atoms with Crippen molar-refractivity contribution in [3.8, 4) is 0 Å². The number of benzene rings is 2. The molecule has 1 unspecified atom stereocenters. The number of allylic oxidation sites excluding steroid dienone is 1. The lowest BCUT2D eigenvalue weighted by molar-refractivity contribution is -0.143. The van der Waals surface area contributed by atoms with Gasteiger partial charge in [0, 0.05) is 12.1 Å². The largest absolute Gasteiger partial charge is 0.480 e. The molecule has 0 radical (unpaired) electrons. The summed E-state index contributed by atoms with van der Waals surface area (Å²) in [6.07, 6.45) is -0.460. The van der Waals surface area contributed by atoms with Crippen LogP contribution < -0.4 is 5.32 Å². The molecule has 0 fully saturated rings. The number of carbonyl (C=O) groups excluding carboxylic acids is 1. The predicted octanol–water partition coefficient (Wildman–Crippen LogP) is 2.65. The van der Waals surface area contributed by atoms with Gasteiger partial charge in [-0.2, -0.15) is 0 Å². The molecule has 2 aromatic carbocycles. The van der Waals surface area contributed by atoms with E-state index in [1.165, 1.54) is 4.90 Å². The summed E-state index contributed by atoms with van der Waals surface area (Å²) in [7, 11) is 0. The summed E-state index contributed by atoms with van der Waals surface area (Å²) in [5, 5.41) is 12.3. The average molecular weight is 352 g/mol. The molecule has 0 saturated heterocycles. The number of carbonyl (C=O) groups is 2. The van der Waals surface area contributed by atoms with Gasteiger partial charge in [-0.05, 0) is 12.5 Å². The maximum absolute atomic E-state index is 12.9. The molecule has 1 amide bonds. The monoisotopic (exact) mass is 352 g/mol. The third-order valence-electron chi connectivity index (χ3n) is 4.07. The zero-order valence-corrected chi connectivity index (χ0v) is 14.4. The second-order valence-electron chi connectivity index (χ2n) is 6.02. The van der Waals surface area contributed by atoms with Crippen LogP contribution in [0.2, 0.25) is 0 Å². The van der Waals surface area contributed by atoms with Gasteiger partial charge in [0.15, 0.2) is 6.23 Å². The summed E-state index contributed by atoms with van der Waals surface area (Å²) in [6.45, 7) is 1.52. The van der Waals surface area contributed by atoms with Crippen molar-refractivity contribution >= 4 is 11.9 Å². The van der Waals surface area contributed by atoms with E-state index in [1.807, 2.05) is 60.7 Å². The highest BCUT2D eigenvalue weighted by molar-refractivity contribution is 5.95. The van der Waals surface area contributed by atoms with E-state index in [2.05, 4.69) is 5.32 Å². The number of hydrogen-bond acceptors (Lipinski definition) is 4. The number of carboxylic acid groups (broad SMARTS) is 1. The Morgan fingerprint density at radius 1 is 1.08 bits per heavy atom. The third-order valence-corrected chi connectivity index (χ3v) is 4.07. The summed E-state index contributed by atoms with van der Waals surface area (Å²) >= 11 is 0. The minimum Gasteiger partial charge on any atom is -0.480 e. The Balaban J connectivity index is 1.77. The quantitative estimate of drug-likeness (QED) is 0.836. The fourth-order valence-corrected chi connectivity index (χ4v) is 2.81. The number of ether oxygens (including phenoxy) is 1. The summed E-state index contributed by atoms with van der Waals surface area (Å²) < 4.78 is 5.76. The van der Waals surface area contributed by atoms with E-state index in [9.17, 15) is 14.7 Å². The van der Waals surface area contributed by atoms with Crippen molar-refractivity contribution in [2.75, 3.05) is 6.54 Å². The molecule has 26 heavy (non-hydrogen) atoms. The van der Waals surface area contributed by atoms with Gasteiger partial charge in [-0.3, -0.25) is 9.59 Å². The first kappa shape index (κ1) is 17.5. The van der Waals surface area contributed by atoms with E-state index in [0.29, 0.717) is 5.76 Å². The van der Waals surface area contributed by atoms with Crippen molar-refractivity contribution < 1.29 is 19.4 Å². The Morgan fingerprint density at radius 3 is 2.31 bits per heavy atom. The standard InChI is InChI=1S/C20H20N2O4/c1-14-18(21-19(26-14)16-10-6-3-7-11-16)20(25)22(13-17(23)24)12-15-8-4-2-5-9-15/h2-11,19,21H,12-13H2,1H3,(H,23,24). The van der Waals surface area contributed by atoms with E-state index < -0.39 is 18.1 Å². The first-order valence-electron chi connectivity index (χ1n) is 8.28. The molecule has 1 aliphatic heterocycles. The Labute approximate surface area is 151 Å². The molecule has 2 aromatic rings. The van der Waals surface area contributed by atoms with Gasteiger partial charge >= 0.3 is 5.97 Å². The predicted molar refractivity (Wildman–Crippen MR) is 95.6 cm³/mol. The molecule has 1 aliphatic rings. The van der Waals surface area contributed by atoms with Crippen LogP contribution in [0.5, 0.6) is 0 Å². The minimum atomic E-state index is -1.06. The third kappa shape index (κ3) is 4.03. The molecule has 0 saturated carbocycles. The van der Waals surface area contributed by atoms with Crippen LogP contribution in [0.3, 0.4) is 0 Å². The average Bonchev–Trinajstić information content (AvgIpc) is 3.03. The van der Waals surface area contributed by atoms with Gasteiger partial charge in [-0.25, -0.2) is 0 Å². The number of hydrogen-bond donors (Lipinski definition) is 2. The fraction of sp³-hybridized carbons (Fsp3) is 0.200. The first-order valence-corrected chi connectivity index (χ1v) is 8.28. The van der Waals surface area contributed by atoms with Crippen molar-refractivity contribution in [1.82, 2.24) is 10.2 Å². The molecule has 1 heterocycles. The fourth-order valence-electron chi connectivity index (χ4n) is 2.81. The van der Waals surface area contributed by atoms with Gasteiger partial charge < -0.3 is 20.1 Å². The highest BCUT2D eigenvalue weighted by Gasteiger charge is 2.31. The molecular weight excluding hydrogens is 332 g/mol. The Kier molecular flexibility index (Phi) is 5.22. The summed E-state index contributed by atoms with van der Waals surface area (Å²) in [5.74, 6) is -1.01. The topological polar surface area (TPSA) is 78.9 Å². The molecule has 0 aliphatic carbocycles. The second-order valence-corrected chi connectivity index (χ2v) is 6.02. The number of aliphatic carboxylic acids is 1. The molecule has 0 bridgehead atoms. The Hall–Kier alpha value is -3.28. The summed E-state index contributed by atoms with van der Waals surface area (Å²) in [5.41, 5.74) is 2.04. The molecule has 6 nitrogen and oxygen atoms in total. The molecule has 6 heteroatoms. The van der Waals surface area contributed by atoms with Crippen LogP contribution in [-0.4, -0.2) is 28.4 Å². The van der Waals surface area contributed by atoms with Gasteiger partial charge in [0.05, 0.1) is 0 Å². The summed E-state index contributed by atoms with van der Waals surface area (Å²) in [4.78, 5) is 25.5. The van der Waals surface area contributed by atoms with Crippen molar-refractivity contribution in [1.29, 1.82) is 0 Å². The number of carboxylic acids is 1. The van der Waals surface area contributed by atoms with Crippen LogP contribution in [0.15, 0.2) is 72.1 Å². The molecule has 0 aromatic heterocycles. The Bertz CT molecular complexity index is 818. The van der Waals surface area contributed by atoms with Crippen molar-refractivity contribution in [3.05, 3.63) is 83.2 Å². The SMILES string of the molecule is CC1=C(C(=O)N(CC(=O)O)Cc2ccccc2)NC(c2ccccc2)O1. The number of nitrogens with one attached hydrogen (secondary N) is 1. The minimum absolute atomic E-state index is 0.209. The van der Waals surface area contributed by atoms with Crippen LogP contribution in [0.4, 0.5) is 0 Å². The van der Waals surface area contributed by atoms with Gasteiger partial charge in [0.25, 0.3) is 5.91 Å². The Morgan fingerprint density at radius 2 is 1.69 bits per heavy atom. The normalized spacial score (nSPS) is 16.0. The van der Waals surface area contributed by atoms with Crippen LogP contribution in [0.1, 0.15) is 24.3 Å². The zero-order chi connectivity index (χ0) is 18.5. The van der Waals surface area contributed by atoms with Gasteiger partial charge in [-0.15, -0.1) is 0 Å². The van der Waals surface area contributed by atoms with E-state index in [0.717, 1.165) is 11.1 Å². The molecular formula is C20H20N2O4. The lowest BCUT2D eigenvalue weighted by Crippen LogP contribution is -2.39. The first-order chi connectivity index (χ1) is 12.5. The number of rotatable bonds is 6. The van der Waals surface area contributed by atoms with Crippen molar-refractivity contribution in [2.24, 2.45) is 0 Å². The van der Waals surface area contributed by atoms with Gasteiger partial charge in [-0.1, -0.05) is 60.7 Å². The highest BCUT2D eigenvalue weighted by atomic mass is 16.5. The van der Waals surface area contributed by atoms with Crippen LogP contribution in [0, 0.1) is 0 Å². The second kappa shape index (κ2) is 7.74. The summed E-state index contributed by atoms with van der Waals surface area (Å²) in [6, 6.07) is 18.8. The maximum Gasteiger partial charge on any atom is 0.323 e. The number of nitrogens with zero attached hydrogens (tertiary/aromatic N) is 1. The van der Waals surface area contributed by atoms with Crippen molar-refractivity contribution in [2.45, 2.75) is 19.7 Å². The molecule has 134 valence electrons. The zero-order valence-electron chi connectivity index (χ0n) is 14.4. The smallest absolute Gasteiger partial charge is 0.323 e. The van der Waals surface area contributed by atoms with Crippen LogP contribution in [-0.2, 0) is 20.9 Å². The van der Waals surface area contributed by atoms with E-state index >= 15 is 0 Å². The van der Waals surface area contributed by atoms with Gasteiger partial charge in [0.2, 0.25) is 0 Å². The van der Waals surface area contributed by atoms with Crippen LogP contribution >= 0.6 is 0 Å². The van der Waals surface area contributed by atoms with Gasteiger partial charge in [0.1, 0.15) is 18.0 Å². The maximum atomic E-state index is 12.9. The van der Waals surface area contributed by atoms with Crippen molar-refractivity contribution in [3.63, 3.8) is 0 Å². The lowest BCUT2D eigenvalue weighted by atomic mass is 10.2. The number of amides is 1. The van der Waals surface area contributed by atoms with Crippen LogP contribution in [0.25, 0.3) is 0 Å². The lowest BCUT2D eigenvalue weighted by Gasteiger charge is -2.22. The molecule has 2 N–H and O–H groups in total. The van der Waals surface area contributed by atoms with E-state index in [-0.39, 0.29) is 18.8 Å². The van der Waals surface area contributed by atoms with E-state index in [1.54, 1.807) is 6.92 Å². The molecule has 3 rings (SSSR count).